The van der Waals surface area contributed by atoms with Gasteiger partial charge in [-0.2, -0.15) is 0 Å². The molecule has 0 radical (unpaired) electrons. The number of hydrogen-bond acceptors (Lipinski definition) is 1. The van der Waals surface area contributed by atoms with Crippen LogP contribution in [-0.2, 0) is 19.4 Å². The minimum atomic E-state index is 0.844. The molecule has 3 rings (SSSR count). The standard InChI is InChI=1S/C19H22ClN/c1-2-10-21-13-18-9-8-17(12-19(18)20)16-7-6-14-4-3-5-15(14)11-16/h6-9,11-12,21H,2-5,10,13H2,1H3. The summed E-state index contributed by atoms with van der Waals surface area (Å²) in [4.78, 5) is 0. The Morgan fingerprint density at radius 1 is 1.00 bits per heavy atom. The average molecular weight is 300 g/mol. The molecule has 0 spiro atoms. The first-order chi connectivity index (χ1) is 10.3. The molecule has 0 saturated carbocycles. The van der Waals surface area contributed by atoms with E-state index in [2.05, 4.69) is 48.6 Å². The van der Waals surface area contributed by atoms with Gasteiger partial charge in [-0.05, 0) is 66.1 Å². The van der Waals surface area contributed by atoms with E-state index in [1.165, 1.54) is 47.1 Å². The van der Waals surface area contributed by atoms with Crippen LogP contribution in [0.4, 0.5) is 0 Å². The monoisotopic (exact) mass is 299 g/mol. The van der Waals surface area contributed by atoms with E-state index in [1.54, 1.807) is 0 Å². The van der Waals surface area contributed by atoms with E-state index < -0.39 is 0 Å². The topological polar surface area (TPSA) is 12.0 Å². The van der Waals surface area contributed by atoms with Crippen molar-refractivity contribution < 1.29 is 0 Å². The summed E-state index contributed by atoms with van der Waals surface area (Å²) >= 11 is 6.44. The highest BCUT2D eigenvalue weighted by atomic mass is 35.5. The fraction of sp³-hybridized carbons (Fsp3) is 0.368. The lowest BCUT2D eigenvalue weighted by molar-refractivity contribution is 0.675. The van der Waals surface area contributed by atoms with Gasteiger partial charge in [0.15, 0.2) is 0 Å². The number of benzene rings is 2. The van der Waals surface area contributed by atoms with Gasteiger partial charge >= 0.3 is 0 Å². The normalized spacial score (nSPS) is 13.4. The van der Waals surface area contributed by atoms with Crippen LogP contribution in [0.5, 0.6) is 0 Å². The third kappa shape index (κ3) is 3.30. The van der Waals surface area contributed by atoms with Crippen molar-refractivity contribution >= 4 is 11.6 Å². The molecule has 110 valence electrons. The number of rotatable bonds is 5. The largest absolute Gasteiger partial charge is 0.313 e. The van der Waals surface area contributed by atoms with E-state index >= 15 is 0 Å². The second-order valence-electron chi connectivity index (χ2n) is 5.82. The zero-order valence-corrected chi connectivity index (χ0v) is 13.3. The van der Waals surface area contributed by atoms with Gasteiger partial charge in [-0.15, -0.1) is 0 Å². The number of fused-ring (bicyclic) bond motifs is 1. The first-order valence-corrected chi connectivity index (χ1v) is 8.27. The van der Waals surface area contributed by atoms with Crippen LogP contribution in [0.25, 0.3) is 11.1 Å². The Hall–Kier alpha value is -1.31. The van der Waals surface area contributed by atoms with E-state index in [1.807, 2.05) is 0 Å². The molecule has 0 aliphatic heterocycles. The molecule has 0 aromatic heterocycles. The van der Waals surface area contributed by atoms with Crippen molar-refractivity contribution in [3.8, 4) is 11.1 Å². The lowest BCUT2D eigenvalue weighted by Crippen LogP contribution is -2.13. The molecule has 1 N–H and O–H groups in total. The highest BCUT2D eigenvalue weighted by Gasteiger charge is 2.12. The highest BCUT2D eigenvalue weighted by Crippen LogP contribution is 2.30. The number of halogens is 1. The molecule has 0 bridgehead atoms. The average Bonchev–Trinajstić information content (AvgIpc) is 2.96. The molecule has 0 amide bonds. The predicted molar refractivity (Wildman–Crippen MR) is 90.9 cm³/mol. The number of aryl methyl sites for hydroxylation is 2. The van der Waals surface area contributed by atoms with E-state index in [-0.39, 0.29) is 0 Å². The SMILES string of the molecule is CCCNCc1ccc(-c2ccc3c(c2)CCC3)cc1Cl. The minimum Gasteiger partial charge on any atom is -0.313 e. The molecule has 0 saturated heterocycles. The Morgan fingerprint density at radius 2 is 1.76 bits per heavy atom. The van der Waals surface area contributed by atoms with Gasteiger partial charge in [0, 0.05) is 11.6 Å². The quantitative estimate of drug-likeness (QED) is 0.767. The minimum absolute atomic E-state index is 0.844. The molecule has 0 atom stereocenters. The third-order valence-electron chi connectivity index (χ3n) is 4.23. The van der Waals surface area contributed by atoms with Crippen molar-refractivity contribution in [1.29, 1.82) is 0 Å². The third-order valence-corrected chi connectivity index (χ3v) is 4.58. The summed E-state index contributed by atoms with van der Waals surface area (Å²) in [5.74, 6) is 0. The molecular formula is C19H22ClN. The van der Waals surface area contributed by atoms with Gasteiger partial charge in [-0.1, -0.05) is 48.9 Å². The van der Waals surface area contributed by atoms with Crippen molar-refractivity contribution in [3.05, 3.63) is 58.1 Å². The fourth-order valence-electron chi connectivity index (χ4n) is 3.02. The summed E-state index contributed by atoms with van der Waals surface area (Å²) in [5, 5.41) is 4.26. The van der Waals surface area contributed by atoms with Gasteiger partial charge in [0.2, 0.25) is 0 Å². The molecule has 1 aliphatic rings. The van der Waals surface area contributed by atoms with E-state index in [0.29, 0.717) is 0 Å². The van der Waals surface area contributed by atoms with Crippen LogP contribution >= 0.6 is 11.6 Å². The van der Waals surface area contributed by atoms with Crippen molar-refractivity contribution in [2.75, 3.05) is 6.54 Å². The van der Waals surface area contributed by atoms with Gasteiger partial charge in [-0.25, -0.2) is 0 Å². The van der Waals surface area contributed by atoms with Crippen molar-refractivity contribution in [1.82, 2.24) is 5.32 Å². The summed E-state index contributed by atoms with van der Waals surface area (Å²) in [6.45, 7) is 4.05. The number of hydrogen-bond donors (Lipinski definition) is 1. The van der Waals surface area contributed by atoms with Crippen LogP contribution in [-0.4, -0.2) is 6.54 Å². The molecule has 2 aromatic rings. The van der Waals surface area contributed by atoms with Crippen LogP contribution in [0.1, 0.15) is 36.5 Å². The Labute approximate surface area is 132 Å². The van der Waals surface area contributed by atoms with E-state index in [4.69, 9.17) is 11.6 Å². The van der Waals surface area contributed by atoms with Crippen LogP contribution in [0, 0.1) is 0 Å². The first kappa shape index (κ1) is 14.6. The molecular weight excluding hydrogens is 278 g/mol. The smallest absolute Gasteiger partial charge is 0.0457 e. The van der Waals surface area contributed by atoms with Crippen LogP contribution in [0.15, 0.2) is 36.4 Å². The lowest BCUT2D eigenvalue weighted by Gasteiger charge is -2.10. The summed E-state index contributed by atoms with van der Waals surface area (Å²) in [6.07, 6.45) is 4.89. The molecule has 0 fully saturated rings. The lowest BCUT2D eigenvalue weighted by atomic mass is 9.99. The molecule has 0 unspecified atom stereocenters. The zero-order valence-electron chi connectivity index (χ0n) is 12.6. The second-order valence-corrected chi connectivity index (χ2v) is 6.23. The van der Waals surface area contributed by atoms with Gasteiger partial charge in [0.25, 0.3) is 0 Å². The molecule has 2 aromatic carbocycles. The maximum absolute atomic E-state index is 6.44. The molecule has 2 heteroatoms. The molecule has 21 heavy (non-hydrogen) atoms. The molecule has 0 heterocycles. The Kier molecular flexibility index (Phi) is 4.62. The zero-order chi connectivity index (χ0) is 14.7. The Balaban J connectivity index is 1.81. The Morgan fingerprint density at radius 3 is 2.57 bits per heavy atom. The maximum atomic E-state index is 6.44. The maximum Gasteiger partial charge on any atom is 0.0457 e. The van der Waals surface area contributed by atoms with Gasteiger partial charge in [-0.3, -0.25) is 0 Å². The van der Waals surface area contributed by atoms with Gasteiger partial charge < -0.3 is 5.32 Å². The first-order valence-electron chi connectivity index (χ1n) is 7.89. The van der Waals surface area contributed by atoms with Crippen LogP contribution < -0.4 is 5.32 Å². The van der Waals surface area contributed by atoms with E-state index in [0.717, 1.165) is 24.5 Å². The van der Waals surface area contributed by atoms with Crippen molar-refractivity contribution in [3.63, 3.8) is 0 Å². The summed E-state index contributed by atoms with van der Waals surface area (Å²) in [5.41, 5.74) is 6.71. The predicted octanol–water partition coefficient (Wildman–Crippen LogP) is 5.00. The molecule has 1 aliphatic carbocycles. The Bertz CT molecular complexity index is 633. The van der Waals surface area contributed by atoms with Crippen LogP contribution in [0.3, 0.4) is 0 Å². The number of nitrogens with one attached hydrogen (secondary N) is 1. The second kappa shape index (κ2) is 6.64. The van der Waals surface area contributed by atoms with Gasteiger partial charge in [0.1, 0.15) is 0 Å². The van der Waals surface area contributed by atoms with Crippen LogP contribution in [0.2, 0.25) is 5.02 Å². The fourth-order valence-corrected chi connectivity index (χ4v) is 3.27. The highest BCUT2D eigenvalue weighted by molar-refractivity contribution is 6.31. The summed E-state index contributed by atoms with van der Waals surface area (Å²) in [6, 6.07) is 13.3. The summed E-state index contributed by atoms with van der Waals surface area (Å²) < 4.78 is 0. The van der Waals surface area contributed by atoms with Gasteiger partial charge in [0.05, 0.1) is 0 Å². The summed E-state index contributed by atoms with van der Waals surface area (Å²) in [7, 11) is 0. The molecule has 1 nitrogen and oxygen atoms in total. The van der Waals surface area contributed by atoms with Crippen molar-refractivity contribution in [2.24, 2.45) is 0 Å². The van der Waals surface area contributed by atoms with E-state index in [9.17, 15) is 0 Å². The van der Waals surface area contributed by atoms with Crippen molar-refractivity contribution in [2.45, 2.75) is 39.2 Å².